The third-order valence-electron chi connectivity index (χ3n) is 4.48. The number of amides is 1. The van der Waals surface area contributed by atoms with Gasteiger partial charge in [-0.3, -0.25) is 4.79 Å². The number of esters is 1. The smallest absolute Gasteiger partial charge is 0.338 e. The molecule has 0 aromatic heterocycles. The van der Waals surface area contributed by atoms with Gasteiger partial charge in [0, 0.05) is 32.4 Å². The number of carbonyl (C=O) groups is 2. The second-order valence-electron chi connectivity index (χ2n) is 7.51. The molecule has 0 bridgehead atoms. The first kappa shape index (κ1) is 21.2. The van der Waals surface area contributed by atoms with Crippen molar-refractivity contribution in [2.45, 2.75) is 26.3 Å². The number of benzene rings is 1. The van der Waals surface area contributed by atoms with Crippen LogP contribution >= 0.6 is 0 Å². The monoisotopic (exact) mass is 396 g/mol. The zero-order valence-corrected chi connectivity index (χ0v) is 17.2. The van der Waals surface area contributed by atoms with E-state index in [2.05, 4.69) is 0 Å². The molecule has 1 aromatic rings. The van der Waals surface area contributed by atoms with E-state index in [0.717, 1.165) is 5.69 Å². The Morgan fingerprint density at radius 3 is 2.30 bits per heavy atom. The second-order valence-corrected chi connectivity index (χ2v) is 9.74. The van der Waals surface area contributed by atoms with Crippen molar-refractivity contribution in [1.82, 2.24) is 4.90 Å². The maximum atomic E-state index is 12.6. The predicted molar refractivity (Wildman–Crippen MR) is 105 cm³/mol. The van der Waals surface area contributed by atoms with Gasteiger partial charge in [0.25, 0.3) is 5.91 Å². The summed E-state index contributed by atoms with van der Waals surface area (Å²) < 4.78 is 28.7. The van der Waals surface area contributed by atoms with E-state index < -0.39 is 22.4 Å². The lowest BCUT2D eigenvalue weighted by atomic mass is 10.1. The van der Waals surface area contributed by atoms with Gasteiger partial charge in [0.05, 0.1) is 17.1 Å². The van der Waals surface area contributed by atoms with Gasteiger partial charge in [0.15, 0.2) is 16.4 Å². The first-order valence-electron chi connectivity index (χ1n) is 9.03. The Kier molecular flexibility index (Phi) is 6.86. The molecular formula is C19H28N2O5S. The highest BCUT2D eigenvalue weighted by molar-refractivity contribution is 7.91. The molecule has 1 atom stereocenters. The quantitative estimate of drug-likeness (QED) is 0.651. The first-order valence-corrected chi connectivity index (χ1v) is 10.9. The van der Waals surface area contributed by atoms with Crippen LogP contribution in [0.1, 0.15) is 30.6 Å². The molecule has 0 unspecified atom stereocenters. The number of hydrogen-bond acceptors (Lipinski definition) is 6. The third kappa shape index (κ3) is 5.95. The Bertz CT molecular complexity index is 772. The standard InChI is InChI=1S/C19H28N2O5S/c1-14(2)11-21(17-9-10-27(24,25)13-17)18(22)12-26-19(23)15-5-7-16(8-6-15)20(3)4/h5-8,14,17H,9-13H2,1-4H3/t17-/m1/s1. The van der Waals surface area contributed by atoms with E-state index >= 15 is 0 Å². The van der Waals surface area contributed by atoms with E-state index in [4.69, 9.17) is 4.74 Å². The zero-order chi connectivity index (χ0) is 20.2. The van der Waals surface area contributed by atoms with E-state index in [-0.39, 0.29) is 29.4 Å². The average molecular weight is 397 g/mol. The summed E-state index contributed by atoms with van der Waals surface area (Å²) in [6, 6.07) is 6.55. The molecule has 1 aliphatic rings. The lowest BCUT2D eigenvalue weighted by Gasteiger charge is -2.29. The van der Waals surface area contributed by atoms with Crippen molar-refractivity contribution in [2.75, 3.05) is 43.7 Å². The van der Waals surface area contributed by atoms with E-state index in [9.17, 15) is 18.0 Å². The minimum atomic E-state index is -3.10. The molecule has 27 heavy (non-hydrogen) atoms. The fraction of sp³-hybridized carbons (Fsp3) is 0.579. The molecule has 1 amide bonds. The van der Waals surface area contributed by atoms with Crippen LogP contribution in [0.4, 0.5) is 5.69 Å². The van der Waals surface area contributed by atoms with Gasteiger partial charge < -0.3 is 14.5 Å². The van der Waals surface area contributed by atoms with Crippen LogP contribution in [0.2, 0.25) is 0 Å². The highest BCUT2D eigenvalue weighted by atomic mass is 32.2. The van der Waals surface area contributed by atoms with E-state index in [1.165, 1.54) is 0 Å². The molecule has 1 fully saturated rings. The molecule has 1 aromatic carbocycles. The summed E-state index contributed by atoms with van der Waals surface area (Å²) in [6.07, 6.45) is 0.431. The van der Waals surface area contributed by atoms with Gasteiger partial charge >= 0.3 is 5.97 Å². The van der Waals surface area contributed by atoms with Gasteiger partial charge in [0.2, 0.25) is 0 Å². The molecule has 8 heteroatoms. The van der Waals surface area contributed by atoms with Crippen molar-refractivity contribution in [3.05, 3.63) is 29.8 Å². The minimum Gasteiger partial charge on any atom is -0.452 e. The van der Waals surface area contributed by atoms with Gasteiger partial charge in [0.1, 0.15) is 0 Å². The maximum absolute atomic E-state index is 12.6. The first-order chi connectivity index (χ1) is 12.6. The van der Waals surface area contributed by atoms with E-state index in [1.807, 2.05) is 32.8 Å². The predicted octanol–water partition coefficient (Wildman–Crippen LogP) is 1.58. The molecule has 1 heterocycles. The number of anilines is 1. The van der Waals surface area contributed by atoms with E-state index in [0.29, 0.717) is 18.5 Å². The Morgan fingerprint density at radius 1 is 1.19 bits per heavy atom. The average Bonchev–Trinajstić information content (AvgIpc) is 2.96. The number of nitrogens with zero attached hydrogens (tertiary/aromatic N) is 2. The Balaban J connectivity index is 1.99. The van der Waals surface area contributed by atoms with E-state index in [1.54, 1.807) is 29.2 Å². The summed E-state index contributed by atoms with van der Waals surface area (Å²) in [4.78, 5) is 28.3. The van der Waals surface area contributed by atoms with Gasteiger partial charge in [-0.2, -0.15) is 0 Å². The molecule has 7 nitrogen and oxygen atoms in total. The van der Waals surface area contributed by atoms with Crippen molar-refractivity contribution in [3.8, 4) is 0 Å². The fourth-order valence-corrected chi connectivity index (χ4v) is 4.79. The van der Waals surface area contributed by atoms with Crippen LogP contribution in [0.25, 0.3) is 0 Å². The third-order valence-corrected chi connectivity index (χ3v) is 6.23. The van der Waals surface area contributed by atoms with Crippen molar-refractivity contribution in [2.24, 2.45) is 5.92 Å². The van der Waals surface area contributed by atoms with Crippen molar-refractivity contribution in [1.29, 1.82) is 0 Å². The summed E-state index contributed by atoms with van der Waals surface area (Å²) >= 11 is 0. The van der Waals surface area contributed by atoms with Crippen LogP contribution in [-0.4, -0.2) is 70.0 Å². The van der Waals surface area contributed by atoms with Crippen LogP contribution in [0.3, 0.4) is 0 Å². The highest BCUT2D eigenvalue weighted by Gasteiger charge is 2.35. The summed E-state index contributed by atoms with van der Waals surface area (Å²) in [5.74, 6) is -0.670. The normalized spacial score (nSPS) is 18.3. The Morgan fingerprint density at radius 2 is 1.81 bits per heavy atom. The lowest BCUT2D eigenvalue weighted by Crippen LogP contribution is -2.45. The van der Waals surface area contributed by atoms with Crippen molar-refractivity contribution < 1.29 is 22.7 Å². The SMILES string of the molecule is CC(C)CN(C(=O)COC(=O)c1ccc(N(C)C)cc1)[C@@H]1CCS(=O)(=O)C1. The fourth-order valence-electron chi connectivity index (χ4n) is 3.06. The van der Waals surface area contributed by atoms with Crippen LogP contribution in [0.5, 0.6) is 0 Å². The summed E-state index contributed by atoms with van der Waals surface area (Å²) in [7, 11) is 0.702. The maximum Gasteiger partial charge on any atom is 0.338 e. The van der Waals surface area contributed by atoms with Crippen LogP contribution in [0.15, 0.2) is 24.3 Å². The van der Waals surface area contributed by atoms with Gasteiger partial charge in [-0.25, -0.2) is 13.2 Å². The van der Waals surface area contributed by atoms with Crippen LogP contribution in [0, 0.1) is 5.92 Å². The Labute approximate surface area is 161 Å². The molecule has 2 rings (SSSR count). The second kappa shape index (κ2) is 8.73. The zero-order valence-electron chi connectivity index (χ0n) is 16.3. The lowest BCUT2D eigenvalue weighted by molar-refractivity contribution is -0.137. The summed E-state index contributed by atoms with van der Waals surface area (Å²) in [5, 5.41) is 0. The van der Waals surface area contributed by atoms with Crippen molar-refractivity contribution in [3.63, 3.8) is 0 Å². The molecule has 0 aliphatic carbocycles. The highest BCUT2D eigenvalue weighted by Crippen LogP contribution is 2.19. The minimum absolute atomic E-state index is 0.0224. The largest absolute Gasteiger partial charge is 0.452 e. The van der Waals surface area contributed by atoms with Gasteiger partial charge in [-0.05, 0) is 36.6 Å². The molecular weight excluding hydrogens is 368 g/mol. The number of carbonyl (C=O) groups excluding carboxylic acids is 2. The summed E-state index contributed by atoms with van der Waals surface area (Å²) in [5.41, 5.74) is 1.32. The topological polar surface area (TPSA) is 84.0 Å². The van der Waals surface area contributed by atoms with Crippen LogP contribution < -0.4 is 4.90 Å². The number of sulfone groups is 1. The van der Waals surface area contributed by atoms with Gasteiger partial charge in [-0.15, -0.1) is 0 Å². The number of ether oxygens (including phenoxy) is 1. The van der Waals surface area contributed by atoms with Gasteiger partial charge in [-0.1, -0.05) is 13.8 Å². The van der Waals surface area contributed by atoms with Crippen molar-refractivity contribution >= 4 is 27.4 Å². The molecule has 150 valence electrons. The Hall–Kier alpha value is -2.09. The van der Waals surface area contributed by atoms with Crippen LogP contribution in [-0.2, 0) is 19.4 Å². The molecule has 1 saturated heterocycles. The molecule has 1 aliphatic heterocycles. The summed E-state index contributed by atoms with van der Waals surface area (Å²) in [6.45, 7) is 3.97. The molecule has 0 saturated carbocycles. The number of hydrogen-bond donors (Lipinski definition) is 0. The molecule has 0 N–H and O–H groups in total. The molecule has 0 radical (unpaired) electrons. The molecule has 0 spiro atoms. The number of rotatable bonds is 7.